The van der Waals surface area contributed by atoms with Crippen molar-refractivity contribution < 1.29 is 9.50 Å². The first-order valence-electron chi connectivity index (χ1n) is 6.19. The summed E-state index contributed by atoms with van der Waals surface area (Å²) in [5.41, 5.74) is 6.13. The summed E-state index contributed by atoms with van der Waals surface area (Å²) < 4.78 is 13.8. The molecule has 0 saturated heterocycles. The van der Waals surface area contributed by atoms with Crippen molar-refractivity contribution in [2.24, 2.45) is 5.73 Å². The first-order valence-corrected chi connectivity index (χ1v) is 6.57. The van der Waals surface area contributed by atoms with Gasteiger partial charge in [-0.2, -0.15) is 0 Å². The van der Waals surface area contributed by atoms with Crippen molar-refractivity contribution in [3.05, 3.63) is 40.6 Å². The fourth-order valence-corrected chi connectivity index (χ4v) is 2.05. The molecule has 4 nitrogen and oxygen atoms in total. The molecular weight excluding hydrogens is 281 g/mol. The van der Waals surface area contributed by atoms with Gasteiger partial charge in [-0.1, -0.05) is 44.5 Å². The Morgan fingerprint density at radius 3 is 2.50 bits per heavy atom. The summed E-state index contributed by atoms with van der Waals surface area (Å²) >= 11 is 6.13. The van der Waals surface area contributed by atoms with Crippen molar-refractivity contribution in [2.75, 3.05) is 0 Å². The van der Waals surface area contributed by atoms with Gasteiger partial charge in [-0.15, -0.1) is 0 Å². The van der Waals surface area contributed by atoms with Crippen LogP contribution in [-0.2, 0) is 5.41 Å². The standard InChI is InChI=1S/C14H17ClFN3O/c1-14(2,3)13-18-10(11(15)19-13)7-4-5-8(12(17)20)9(16)6-7/h4-6,12,20H,17H2,1-3H3,(H,18,19). The summed E-state index contributed by atoms with van der Waals surface area (Å²) in [6.07, 6.45) is -1.34. The number of hydrogen-bond acceptors (Lipinski definition) is 3. The predicted molar refractivity (Wildman–Crippen MR) is 76.8 cm³/mol. The fraction of sp³-hybridized carbons (Fsp3) is 0.357. The van der Waals surface area contributed by atoms with Crippen LogP contribution < -0.4 is 5.73 Å². The van der Waals surface area contributed by atoms with Gasteiger partial charge in [-0.05, 0) is 6.07 Å². The third-order valence-electron chi connectivity index (χ3n) is 2.96. The molecule has 1 aromatic carbocycles. The lowest BCUT2D eigenvalue weighted by molar-refractivity contribution is 0.181. The van der Waals surface area contributed by atoms with Gasteiger partial charge in [0.2, 0.25) is 0 Å². The average molecular weight is 298 g/mol. The number of halogens is 2. The van der Waals surface area contributed by atoms with E-state index < -0.39 is 12.0 Å². The van der Waals surface area contributed by atoms with Gasteiger partial charge in [0.25, 0.3) is 0 Å². The number of H-pyrrole nitrogens is 1. The maximum atomic E-state index is 13.8. The molecule has 2 aromatic rings. The second-order valence-corrected chi connectivity index (χ2v) is 6.06. The molecule has 0 radical (unpaired) electrons. The van der Waals surface area contributed by atoms with Crippen LogP contribution in [0.5, 0.6) is 0 Å². The molecule has 1 aromatic heterocycles. The maximum Gasteiger partial charge on any atom is 0.134 e. The summed E-state index contributed by atoms with van der Waals surface area (Å²) in [6.45, 7) is 6.00. The number of aliphatic hydroxyl groups is 1. The number of imidazole rings is 1. The van der Waals surface area contributed by atoms with Crippen LogP contribution in [0.3, 0.4) is 0 Å². The highest BCUT2D eigenvalue weighted by Gasteiger charge is 2.21. The van der Waals surface area contributed by atoms with Crippen LogP contribution in [-0.4, -0.2) is 15.1 Å². The molecule has 0 aliphatic rings. The third-order valence-corrected chi connectivity index (χ3v) is 3.24. The van der Waals surface area contributed by atoms with Crippen molar-refractivity contribution in [3.8, 4) is 11.3 Å². The highest BCUT2D eigenvalue weighted by molar-refractivity contribution is 6.31. The number of aromatic amines is 1. The van der Waals surface area contributed by atoms with Crippen LogP contribution in [0.2, 0.25) is 5.15 Å². The Morgan fingerprint density at radius 1 is 1.40 bits per heavy atom. The van der Waals surface area contributed by atoms with Crippen LogP contribution in [0.1, 0.15) is 38.4 Å². The van der Waals surface area contributed by atoms with Crippen LogP contribution in [0.25, 0.3) is 11.3 Å². The summed E-state index contributed by atoms with van der Waals surface area (Å²) in [5.74, 6) is 0.134. The van der Waals surface area contributed by atoms with E-state index in [1.807, 2.05) is 20.8 Å². The van der Waals surface area contributed by atoms with Crippen LogP contribution >= 0.6 is 11.6 Å². The van der Waals surface area contributed by atoms with Gasteiger partial charge in [0.05, 0.1) is 0 Å². The number of nitrogens with zero attached hydrogens (tertiary/aromatic N) is 1. The predicted octanol–water partition coefficient (Wildman–Crippen LogP) is 3.12. The number of hydrogen-bond donors (Lipinski definition) is 3. The molecule has 1 unspecified atom stereocenters. The van der Waals surface area contributed by atoms with E-state index in [2.05, 4.69) is 9.97 Å². The minimum Gasteiger partial charge on any atom is -0.374 e. The molecule has 0 bridgehead atoms. The smallest absolute Gasteiger partial charge is 0.134 e. The van der Waals surface area contributed by atoms with Gasteiger partial charge in [0, 0.05) is 16.5 Å². The third kappa shape index (κ3) is 2.85. The maximum absolute atomic E-state index is 13.8. The second kappa shape index (κ2) is 5.16. The van der Waals surface area contributed by atoms with Gasteiger partial charge >= 0.3 is 0 Å². The summed E-state index contributed by atoms with van der Waals surface area (Å²) in [4.78, 5) is 7.42. The molecule has 108 valence electrons. The fourth-order valence-electron chi connectivity index (χ4n) is 1.81. The lowest BCUT2D eigenvalue weighted by Gasteiger charge is -2.13. The Morgan fingerprint density at radius 2 is 2.05 bits per heavy atom. The summed E-state index contributed by atoms with van der Waals surface area (Å²) in [6, 6.07) is 4.32. The van der Waals surface area contributed by atoms with Gasteiger partial charge in [-0.25, -0.2) is 9.37 Å². The van der Waals surface area contributed by atoms with Gasteiger partial charge in [0.1, 0.15) is 28.7 Å². The van der Waals surface area contributed by atoms with E-state index in [1.54, 1.807) is 6.07 Å². The van der Waals surface area contributed by atoms with E-state index in [9.17, 15) is 9.50 Å². The zero-order valence-corrected chi connectivity index (χ0v) is 12.3. The lowest BCUT2D eigenvalue weighted by atomic mass is 9.96. The van der Waals surface area contributed by atoms with Crippen molar-refractivity contribution in [3.63, 3.8) is 0 Å². The first kappa shape index (κ1) is 15.0. The monoisotopic (exact) mass is 297 g/mol. The van der Waals surface area contributed by atoms with E-state index in [-0.39, 0.29) is 11.0 Å². The first-order chi connectivity index (χ1) is 9.20. The van der Waals surface area contributed by atoms with Crippen molar-refractivity contribution in [2.45, 2.75) is 32.4 Å². The quantitative estimate of drug-likeness (QED) is 0.746. The molecule has 0 fully saturated rings. The van der Waals surface area contributed by atoms with E-state index >= 15 is 0 Å². The number of nitrogens with one attached hydrogen (secondary N) is 1. The summed E-state index contributed by atoms with van der Waals surface area (Å²) in [7, 11) is 0. The van der Waals surface area contributed by atoms with Crippen LogP contribution in [0, 0.1) is 5.82 Å². The van der Waals surface area contributed by atoms with Gasteiger partial charge in [0.15, 0.2) is 0 Å². The molecule has 20 heavy (non-hydrogen) atoms. The number of rotatable bonds is 2. The van der Waals surface area contributed by atoms with E-state index in [4.69, 9.17) is 17.3 Å². The van der Waals surface area contributed by atoms with Crippen LogP contribution in [0.15, 0.2) is 18.2 Å². The molecule has 0 amide bonds. The molecule has 1 heterocycles. The van der Waals surface area contributed by atoms with Crippen molar-refractivity contribution in [1.82, 2.24) is 9.97 Å². The number of nitrogens with two attached hydrogens (primary N) is 1. The zero-order valence-electron chi connectivity index (χ0n) is 11.5. The van der Waals surface area contributed by atoms with Crippen molar-refractivity contribution >= 4 is 11.6 Å². The van der Waals surface area contributed by atoms with Gasteiger partial charge in [-0.3, -0.25) is 0 Å². The Hall–Kier alpha value is -1.43. The highest BCUT2D eigenvalue weighted by Crippen LogP contribution is 2.31. The number of aliphatic hydroxyl groups excluding tert-OH is 1. The molecule has 1 atom stereocenters. The molecule has 0 aliphatic carbocycles. The highest BCUT2D eigenvalue weighted by atomic mass is 35.5. The Labute approximate surface area is 121 Å². The number of aromatic nitrogens is 2. The molecule has 4 N–H and O–H groups in total. The van der Waals surface area contributed by atoms with E-state index in [0.29, 0.717) is 16.4 Å². The Kier molecular flexibility index (Phi) is 3.86. The molecule has 6 heteroatoms. The van der Waals surface area contributed by atoms with E-state index in [1.165, 1.54) is 12.1 Å². The molecule has 0 spiro atoms. The van der Waals surface area contributed by atoms with Crippen molar-refractivity contribution in [1.29, 1.82) is 0 Å². The van der Waals surface area contributed by atoms with Gasteiger partial charge < -0.3 is 15.8 Å². The zero-order chi connectivity index (χ0) is 15.1. The topological polar surface area (TPSA) is 74.9 Å². The minimum absolute atomic E-state index is 0.0384. The number of benzene rings is 1. The summed E-state index contributed by atoms with van der Waals surface area (Å²) in [5, 5.41) is 9.58. The van der Waals surface area contributed by atoms with Crippen LogP contribution in [0.4, 0.5) is 4.39 Å². The minimum atomic E-state index is -1.34. The Bertz CT molecular complexity index is 632. The molecule has 2 rings (SSSR count). The largest absolute Gasteiger partial charge is 0.374 e. The average Bonchev–Trinajstić information content (AvgIpc) is 2.70. The molecule has 0 aliphatic heterocycles. The van der Waals surface area contributed by atoms with E-state index in [0.717, 1.165) is 5.82 Å². The Balaban J connectivity index is 2.47. The SMILES string of the molecule is CC(C)(C)c1nc(-c2ccc(C(N)O)c(F)c2)c(Cl)[nH]1. The second-order valence-electron chi connectivity index (χ2n) is 5.68. The normalized spacial score (nSPS) is 13.6. The molecule has 0 saturated carbocycles. The molecular formula is C14H17ClFN3O. The lowest BCUT2D eigenvalue weighted by Crippen LogP contribution is -2.13.